The average molecular weight is 540 g/mol. The molecule has 2 aliphatic rings. The van der Waals surface area contributed by atoms with Crippen molar-refractivity contribution in [3.8, 4) is 11.4 Å². The molecule has 0 N–H and O–H groups in total. The van der Waals surface area contributed by atoms with Crippen molar-refractivity contribution in [2.45, 2.75) is 45.8 Å². The number of halogens is 2. The third-order valence-electron chi connectivity index (χ3n) is 7.27. The van der Waals surface area contributed by atoms with E-state index in [-0.39, 0.29) is 23.7 Å². The van der Waals surface area contributed by atoms with Crippen LogP contribution in [0, 0.1) is 5.92 Å². The summed E-state index contributed by atoms with van der Waals surface area (Å²) in [6, 6.07) is 14.4. The number of ether oxygens (including phenoxy) is 1. The number of benzene rings is 2. The smallest absolute Gasteiger partial charge is 0.410 e. The lowest BCUT2D eigenvalue weighted by atomic mass is 9.96. The fourth-order valence-electron chi connectivity index (χ4n) is 5.40. The maximum Gasteiger partial charge on any atom is 0.410 e. The highest BCUT2D eigenvalue weighted by atomic mass is 19.3. The molecule has 2 aliphatic heterocycles. The Balaban J connectivity index is 1.24. The lowest BCUT2D eigenvalue weighted by molar-refractivity contribution is -0.137. The lowest BCUT2D eigenvalue weighted by Crippen LogP contribution is -2.53. The number of para-hydroxylation sites is 2. The molecule has 5 rings (SSSR count). The minimum absolute atomic E-state index is 0.0716. The van der Waals surface area contributed by atoms with Crippen molar-refractivity contribution in [1.82, 2.24) is 19.4 Å². The third-order valence-corrected chi connectivity index (χ3v) is 7.27. The molecule has 2 saturated heterocycles. The summed E-state index contributed by atoms with van der Waals surface area (Å²) < 4.78 is 34.5. The highest BCUT2D eigenvalue weighted by Gasteiger charge is 2.34. The van der Waals surface area contributed by atoms with Gasteiger partial charge < -0.3 is 19.4 Å². The Bertz CT molecular complexity index is 1340. The van der Waals surface area contributed by atoms with E-state index in [0.29, 0.717) is 55.9 Å². The Labute approximate surface area is 227 Å². The predicted molar refractivity (Wildman–Crippen MR) is 146 cm³/mol. The second-order valence-electron chi connectivity index (χ2n) is 11.2. The average Bonchev–Trinajstić information content (AvgIpc) is 3.32. The van der Waals surface area contributed by atoms with Crippen LogP contribution in [-0.4, -0.2) is 76.2 Å². The molecule has 0 radical (unpaired) electrons. The van der Waals surface area contributed by atoms with Gasteiger partial charge >= 0.3 is 12.6 Å². The molecule has 8 nitrogen and oxygen atoms in total. The number of carbonyl (C=O) groups excluding carboxylic acids is 2. The number of amides is 2. The molecule has 3 heterocycles. The Morgan fingerprint density at radius 2 is 1.72 bits per heavy atom. The van der Waals surface area contributed by atoms with Gasteiger partial charge in [0, 0.05) is 50.5 Å². The molecule has 0 aliphatic carbocycles. The van der Waals surface area contributed by atoms with Crippen molar-refractivity contribution >= 4 is 28.7 Å². The van der Waals surface area contributed by atoms with Crippen molar-refractivity contribution < 1.29 is 23.1 Å². The Kier molecular flexibility index (Phi) is 7.46. The van der Waals surface area contributed by atoms with Gasteiger partial charge in [0.05, 0.1) is 17.0 Å². The summed E-state index contributed by atoms with van der Waals surface area (Å²) in [5.74, 6) is 0.0690. The summed E-state index contributed by atoms with van der Waals surface area (Å²) in [7, 11) is 0. The number of alkyl halides is 2. The van der Waals surface area contributed by atoms with Crippen LogP contribution in [0.15, 0.2) is 48.5 Å². The Morgan fingerprint density at radius 1 is 0.974 bits per heavy atom. The third kappa shape index (κ3) is 5.84. The second-order valence-corrected chi connectivity index (χ2v) is 11.2. The number of piperidine rings is 1. The standard InChI is InChI=1S/C29H35F2N5O3/c1-29(2,3)39-28(38)35-13-7-9-21(19-35)26(37)34-16-14-33(15-17-34)22-10-6-8-20(18-22)25-32-23-11-4-5-12-24(23)36(25)27(30)31/h4-6,8,10-12,18,21,27H,7,9,13-17,19H2,1-3H3. The summed E-state index contributed by atoms with van der Waals surface area (Å²) in [5, 5.41) is 0. The Hall–Kier alpha value is -3.69. The molecule has 0 bridgehead atoms. The van der Waals surface area contributed by atoms with Crippen LogP contribution in [0.4, 0.5) is 19.3 Å². The lowest BCUT2D eigenvalue weighted by Gasteiger charge is -2.40. The van der Waals surface area contributed by atoms with Gasteiger partial charge in [-0.2, -0.15) is 8.78 Å². The molecule has 2 amide bonds. The maximum absolute atomic E-state index is 14.0. The molecule has 0 spiro atoms. The quantitative estimate of drug-likeness (QED) is 0.444. The zero-order valence-electron chi connectivity index (χ0n) is 22.6. The summed E-state index contributed by atoms with van der Waals surface area (Å²) in [6.07, 6.45) is 1.15. The molecule has 2 fully saturated rings. The molecule has 10 heteroatoms. The number of hydrogen-bond donors (Lipinski definition) is 0. The summed E-state index contributed by atoms with van der Waals surface area (Å²) in [6.45, 7) is 6.14. The second kappa shape index (κ2) is 10.8. The predicted octanol–water partition coefficient (Wildman–Crippen LogP) is 5.39. The van der Waals surface area contributed by atoms with Crippen molar-refractivity contribution in [2.75, 3.05) is 44.2 Å². The molecule has 1 atom stereocenters. The number of piperazine rings is 1. The van der Waals surface area contributed by atoms with Crippen molar-refractivity contribution in [1.29, 1.82) is 0 Å². The monoisotopic (exact) mass is 539 g/mol. The fraction of sp³-hybridized carbons (Fsp3) is 0.483. The zero-order valence-corrected chi connectivity index (χ0v) is 22.6. The van der Waals surface area contributed by atoms with Gasteiger partial charge in [0.15, 0.2) is 0 Å². The largest absolute Gasteiger partial charge is 0.444 e. The topological polar surface area (TPSA) is 70.9 Å². The van der Waals surface area contributed by atoms with Crippen LogP contribution in [0.2, 0.25) is 0 Å². The van der Waals surface area contributed by atoms with Crippen LogP contribution in [0.25, 0.3) is 22.4 Å². The van der Waals surface area contributed by atoms with E-state index in [1.165, 1.54) is 0 Å². The molecule has 39 heavy (non-hydrogen) atoms. The molecule has 0 saturated carbocycles. The highest BCUT2D eigenvalue weighted by molar-refractivity contribution is 5.82. The van der Waals surface area contributed by atoms with E-state index in [0.717, 1.165) is 23.1 Å². The SMILES string of the molecule is CC(C)(C)OC(=O)N1CCCC(C(=O)N2CCN(c3cccc(-c4nc5ccccc5n4C(F)F)c3)CC2)C1. The van der Waals surface area contributed by atoms with Crippen LogP contribution >= 0.6 is 0 Å². The first-order valence-electron chi connectivity index (χ1n) is 13.5. The van der Waals surface area contributed by atoms with Gasteiger partial charge in [-0.25, -0.2) is 9.78 Å². The zero-order chi connectivity index (χ0) is 27.7. The van der Waals surface area contributed by atoms with Crippen LogP contribution in [0.1, 0.15) is 40.2 Å². The van der Waals surface area contributed by atoms with Gasteiger partial charge in [0.2, 0.25) is 5.91 Å². The number of nitrogens with zero attached hydrogens (tertiary/aromatic N) is 5. The number of carbonyl (C=O) groups is 2. The summed E-state index contributed by atoms with van der Waals surface area (Å²) >= 11 is 0. The summed E-state index contributed by atoms with van der Waals surface area (Å²) in [4.78, 5) is 36.0. The van der Waals surface area contributed by atoms with Gasteiger partial charge in [0.1, 0.15) is 11.4 Å². The van der Waals surface area contributed by atoms with Gasteiger partial charge in [-0.15, -0.1) is 0 Å². The van der Waals surface area contributed by atoms with E-state index in [1.807, 2.05) is 43.9 Å². The van der Waals surface area contributed by atoms with E-state index in [2.05, 4.69) is 9.88 Å². The molecule has 1 unspecified atom stereocenters. The number of aromatic nitrogens is 2. The molecule has 208 valence electrons. The number of rotatable bonds is 4. The van der Waals surface area contributed by atoms with Crippen molar-refractivity contribution in [2.24, 2.45) is 5.92 Å². The fourth-order valence-corrected chi connectivity index (χ4v) is 5.40. The first kappa shape index (κ1) is 26.9. The van der Waals surface area contributed by atoms with Crippen molar-refractivity contribution in [3.05, 3.63) is 48.5 Å². The minimum Gasteiger partial charge on any atom is -0.444 e. The van der Waals surface area contributed by atoms with E-state index in [4.69, 9.17) is 4.74 Å². The van der Waals surface area contributed by atoms with Gasteiger partial charge in [-0.1, -0.05) is 24.3 Å². The number of hydrogen-bond acceptors (Lipinski definition) is 5. The maximum atomic E-state index is 14.0. The molecular formula is C29H35F2N5O3. The highest BCUT2D eigenvalue weighted by Crippen LogP contribution is 2.32. The van der Waals surface area contributed by atoms with Gasteiger partial charge in [-0.3, -0.25) is 9.36 Å². The number of imidazole rings is 1. The van der Waals surface area contributed by atoms with Crippen LogP contribution < -0.4 is 4.90 Å². The first-order chi connectivity index (χ1) is 18.6. The normalized spacial score (nSPS) is 18.6. The summed E-state index contributed by atoms with van der Waals surface area (Å²) in [5.41, 5.74) is 1.87. The van der Waals surface area contributed by atoms with Gasteiger partial charge in [0.25, 0.3) is 0 Å². The number of likely N-dealkylation sites (tertiary alicyclic amines) is 1. The van der Waals surface area contributed by atoms with Crippen LogP contribution in [0.3, 0.4) is 0 Å². The molecule has 3 aromatic rings. The Morgan fingerprint density at radius 3 is 2.44 bits per heavy atom. The first-order valence-corrected chi connectivity index (χ1v) is 13.5. The van der Waals surface area contributed by atoms with Gasteiger partial charge in [-0.05, 0) is 57.9 Å². The molecule has 2 aromatic carbocycles. The van der Waals surface area contributed by atoms with E-state index >= 15 is 0 Å². The van der Waals surface area contributed by atoms with E-state index < -0.39 is 12.2 Å². The molecule has 1 aromatic heterocycles. The van der Waals surface area contributed by atoms with Crippen LogP contribution in [-0.2, 0) is 9.53 Å². The van der Waals surface area contributed by atoms with Crippen molar-refractivity contribution in [3.63, 3.8) is 0 Å². The number of anilines is 1. The van der Waals surface area contributed by atoms with E-state index in [1.54, 1.807) is 35.2 Å². The van der Waals surface area contributed by atoms with Crippen LogP contribution in [0.5, 0.6) is 0 Å². The number of fused-ring (bicyclic) bond motifs is 1. The van der Waals surface area contributed by atoms with E-state index in [9.17, 15) is 18.4 Å². The minimum atomic E-state index is -2.71. The molecular weight excluding hydrogens is 504 g/mol.